The number of carbonyl (C=O) groups excluding carboxylic acids is 2. The molecule has 0 spiro atoms. The van der Waals surface area contributed by atoms with Crippen LogP contribution in [0.4, 0.5) is 10.1 Å². The average molecular weight is 639 g/mol. The first-order chi connectivity index (χ1) is 19.9. The van der Waals surface area contributed by atoms with Gasteiger partial charge in [-0.2, -0.15) is 0 Å². The number of ether oxygens (including phenoxy) is 1. The molecule has 0 fully saturated rings. The zero-order valence-electron chi connectivity index (χ0n) is 23.8. The molecule has 0 heterocycles. The fourth-order valence-electron chi connectivity index (χ4n) is 4.23. The van der Waals surface area contributed by atoms with Crippen LogP contribution in [0.25, 0.3) is 0 Å². The molecule has 1 N–H and O–H groups in total. The smallest absolute Gasteiger partial charge is 0.264 e. The number of carbonyl (C=O) groups is 2. The molecular formula is C30H34Cl2FN3O5S. The molecular weight excluding hydrogens is 604 g/mol. The van der Waals surface area contributed by atoms with E-state index in [2.05, 4.69) is 5.32 Å². The molecule has 0 saturated heterocycles. The molecule has 0 aromatic heterocycles. The van der Waals surface area contributed by atoms with Gasteiger partial charge in [-0.15, -0.1) is 0 Å². The maximum Gasteiger partial charge on any atom is 0.264 e. The van der Waals surface area contributed by atoms with Crippen molar-refractivity contribution in [2.24, 2.45) is 0 Å². The molecule has 0 aliphatic rings. The van der Waals surface area contributed by atoms with Crippen molar-refractivity contribution in [3.05, 3.63) is 88.2 Å². The lowest BCUT2D eigenvalue weighted by molar-refractivity contribution is -0.140. The second-order valence-electron chi connectivity index (χ2n) is 9.63. The lowest BCUT2D eigenvalue weighted by Gasteiger charge is -2.34. The summed E-state index contributed by atoms with van der Waals surface area (Å²) in [4.78, 5) is 28.7. The Bertz CT molecular complexity index is 1470. The van der Waals surface area contributed by atoms with Crippen LogP contribution in [0.15, 0.2) is 71.6 Å². The first kappa shape index (κ1) is 33.2. The minimum atomic E-state index is -4.33. The van der Waals surface area contributed by atoms with E-state index in [4.69, 9.17) is 27.9 Å². The lowest BCUT2D eigenvalue weighted by atomic mass is 10.1. The highest BCUT2D eigenvalue weighted by molar-refractivity contribution is 7.92. The summed E-state index contributed by atoms with van der Waals surface area (Å²) in [5, 5.41) is 3.49. The Morgan fingerprint density at radius 1 is 0.952 bits per heavy atom. The molecule has 2 atom stereocenters. The summed E-state index contributed by atoms with van der Waals surface area (Å²) >= 11 is 12.9. The molecule has 0 unspecified atom stereocenters. The van der Waals surface area contributed by atoms with Crippen molar-refractivity contribution < 1.29 is 27.1 Å². The van der Waals surface area contributed by atoms with E-state index >= 15 is 0 Å². The van der Waals surface area contributed by atoms with Gasteiger partial charge in [-0.1, -0.05) is 43.1 Å². The number of halogens is 3. The van der Waals surface area contributed by atoms with E-state index in [1.807, 2.05) is 13.8 Å². The Hall–Kier alpha value is -3.34. The molecule has 3 rings (SSSR count). The van der Waals surface area contributed by atoms with E-state index in [9.17, 15) is 22.4 Å². The molecule has 226 valence electrons. The van der Waals surface area contributed by atoms with Gasteiger partial charge in [-0.25, -0.2) is 12.8 Å². The number of hydrogen-bond acceptors (Lipinski definition) is 5. The van der Waals surface area contributed by atoms with Gasteiger partial charge in [0.15, 0.2) is 0 Å². The van der Waals surface area contributed by atoms with Crippen LogP contribution in [0.1, 0.15) is 39.2 Å². The molecule has 3 aromatic carbocycles. The third-order valence-electron chi connectivity index (χ3n) is 6.82. The van der Waals surface area contributed by atoms with E-state index in [1.54, 1.807) is 25.1 Å². The number of benzene rings is 3. The van der Waals surface area contributed by atoms with Crippen molar-refractivity contribution >= 4 is 50.7 Å². The highest BCUT2D eigenvalue weighted by Gasteiger charge is 2.34. The van der Waals surface area contributed by atoms with Crippen molar-refractivity contribution in [3.63, 3.8) is 0 Å². The lowest BCUT2D eigenvalue weighted by Crippen LogP contribution is -2.53. The molecule has 0 saturated carbocycles. The van der Waals surface area contributed by atoms with Crippen LogP contribution in [0.3, 0.4) is 0 Å². The average Bonchev–Trinajstić information content (AvgIpc) is 2.97. The number of anilines is 1. The van der Waals surface area contributed by atoms with Gasteiger partial charge in [0.2, 0.25) is 11.8 Å². The molecule has 8 nitrogen and oxygen atoms in total. The molecule has 2 amide bonds. The quantitative estimate of drug-likeness (QED) is 0.246. The topological polar surface area (TPSA) is 96.0 Å². The number of rotatable bonds is 13. The van der Waals surface area contributed by atoms with Crippen molar-refractivity contribution in [1.82, 2.24) is 10.2 Å². The molecule has 0 aliphatic heterocycles. The molecule has 42 heavy (non-hydrogen) atoms. The zero-order valence-corrected chi connectivity index (χ0v) is 26.1. The third-order valence-corrected chi connectivity index (χ3v) is 9.31. The van der Waals surface area contributed by atoms with Crippen LogP contribution in [0.5, 0.6) is 5.75 Å². The summed E-state index contributed by atoms with van der Waals surface area (Å²) in [6.07, 6.45) is 0.906. The Labute approximate surface area is 256 Å². The highest BCUT2D eigenvalue weighted by Crippen LogP contribution is 2.29. The summed E-state index contributed by atoms with van der Waals surface area (Å²) in [7, 11) is -2.88. The van der Waals surface area contributed by atoms with Gasteiger partial charge >= 0.3 is 0 Å². The number of hydrogen-bond donors (Lipinski definition) is 1. The molecule has 3 aromatic rings. The largest absolute Gasteiger partial charge is 0.497 e. The Morgan fingerprint density at radius 2 is 1.55 bits per heavy atom. The fourth-order valence-corrected chi connectivity index (χ4v) is 6.16. The second-order valence-corrected chi connectivity index (χ2v) is 12.3. The SMILES string of the molecule is CC[C@H](C(=O)N[C@@H](C)CC)N(Cc1c(Cl)cccc1Cl)C(=O)CN(c1ccc(F)cc1)S(=O)(=O)c1ccc(OC)cc1. The number of amides is 2. The van der Waals surface area contributed by atoms with E-state index in [0.717, 1.165) is 16.4 Å². The fraction of sp³-hybridized carbons (Fsp3) is 0.333. The maximum atomic E-state index is 14.1. The maximum absolute atomic E-state index is 14.1. The second kappa shape index (κ2) is 14.7. The standard InChI is InChI=1S/C30H34Cl2FN3O5S/c1-5-20(3)34-30(38)28(6-2)35(18-25-26(31)8-7-9-27(25)32)29(37)19-36(22-12-10-21(33)11-13-22)42(39,40)24-16-14-23(41-4)15-17-24/h7-17,20,28H,5-6,18-19H2,1-4H3,(H,34,38)/t20-,28+/m0/s1. The first-order valence-corrected chi connectivity index (χ1v) is 15.6. The van der Waals surface area contributed by atoms with E-state index < -0.39 is 40.2 Å². The summed E-state index contributed by atoms with van der Waals surface area (Å²) in [6, 6.07) is 14.2. The monoisotopic (exact) mass is 637 g/mol. The Kier molecular flexibility index (Phi) is 11.6. The van der Waals surface area contributed by atoms with Crippen LogP contribution < -0.4 is 14.4 Å². The summed E-state index contributed by atoms with van der Waals surface area (Å²) in [5.74, 6) is -1.21. The molecule has 12 heteroatoms. The molecule has 0 bridgehead atoms. The predicted molar refractivity (Wildman–Crippen MR) is 163 cm³/mol. The number of methoxy groups -OCH3 is 1. The number of nitrogens with zero attached hydrogens (tertiary/aromatic N) is 2. The van der Waals surface area contributed by atoms with Gasteiger partial charge in [0, 0.05) is 28.2 Å². The highest BCUT2D eigenvalue weighted by atomic mass is 35.5. The predicted octanol–water partition coefficient (Wildman–Crippen LogP) is 6.06. The summed E-state index contributed by atoms with van der Waals surface area (Å²) < 4.78 is 47.6. The minimum absolute atomic E-state index is 0.0633. The third kappa shape index (κ3) is 7.93. The first-order valence-electron chi connectivity index (χ1n) is 13.4. The summed E-state index contributed by atoms with van der Waals surface area (Å²) in [5.41, 5.74) is 0.476. The Balaban J connectivity index is 2.09. The van der Waals surface area contributed by atoms with Gasteiger partial charge in [-0.05, 0) is 80.4 Å². The van der Waals surface area contributed by atoms with Crippen molar-refractivity contribution in [2.45, 2.75) is 57.1 Å². The normalized spacial score (nSPS) is 12.7. The van der Waals surface area contributed by atoms with E-state index in [-0.39, 0.29) is 29.6 Å². The zero-order chi connectivity index (χ0) is 31.0. The van der Waals surface area contributed by atoms with E-state index in [0.29, 0.717) is 27.8 Å². The van der Waals surface area contributed by atoms with Crippen molar-refractivity contribution in [1.29, 1.82) is 0 Å². The van der Waals surface area contributed by atoms with Crippen LogP contribution >= 0.6 is 23.2 Å². The van der Waals surface area contributed by atoms with E-state index in [1.165, 1.54) is 48.4 Å². The van der Waals surface area contributed by atoms with Gasteiger partial charge in [-0.3, -0.25) is 13.9 Å². The van der Waals surface area contributed by atoms with Gasteiger partial charge < -0.3 is 15.0 Å². The van der Waals surface area contributed by atoms with Crippen molar-refractivity contribution in [2.75, 3.05) is 18.0 Å². The van der Waals surface area contributed by atoms with Crippen LogP contribution in [-0.2, 0) is 26.2 Å². The van der Waals surface area contributed by atoms with Crippen LogP contribution in [-0.4, -0.2) is 50.9 Å². The number of sulfonamides is 1. The van der Waals surface area contributed by atoms with Crippen molar-refractivity contribution in [3.8, 4) is 5.75 Å². The van der Waals surface area contributed by atoms with Gasteiger partial charge in [0.05, 0.1) is 17.7 Å². The molecule has 0 radical (unpaired) electrons. The van der Waals surface area contributed by atoms with Crippen LogP contribution in [0, 0.1) is 5.82 Å². The Morgan fingerprint density at radius 3 is 2.07 bits per heavy atom. The van der Waals surface area contributed by atoms with Gasteiger partial charge in [0.1, 0.15) is 24.2 Å². The van der Waals surface area contributed by atoms with Crippen LogP contribution in [0.2, 0.25) is 10.0 Å². The van der Waals surface area contributed by atoms with Gasteiger partial charge in [0.25, 0.3) is 10.0 Å². The summed E-state index contributed by atoms with van der Waals surface area (Å²) in [6.45, 7) is 4.68. The number of nitrogens with one attached hydrogen (secondary N) is 1. The minimum Gasteiger partial charge on any atom is -0.497 e. The molecule has 0 aliphatic carbocycles.